The molecule has 3 N–H and O–H groups in total. The second-order valence-electron chi connectivity index (χ2n) is 7.56. The minimum absolute atomic E-state index is 0.0253. The molecule has 3 aromatic heterocycles. The zero-order valence-electron chi connectivity index (χ0n) is 17.5. The van der Waals surface area contributed by atoms with E-state index in [1.165, 1.54) is 0 Å². The number of H-pyrrole nitrogens is 1. The van der Waals surface area contributed by atoms with Gasteiger partial charge in [0.25, 0.3) is 5.56 Å². The van der Waals surface area contributed by atoms with Crippen molar-refractivity contribution < 1.29 is 9.84 Å². The number of benzene rings is 1. The van der Waals surface area contributed by atoms with Crippen molar-refractivity contribution in [2.45, 2.75) is 6.54 Å². The van der Waals surface area contributed by atoms with Gasteiger partial charge in [0.1, 0.15) is 5.82 Å². The summed E-state index contributed by atoms with van der Waals surface area (Å²) in [5.41, 5.74) is 3.20. The molecule has 1 aromatic carbocycles. The molecular weight excluding hydrogens is 408 g/mol. The lowest BCUT2D eigenvalue weighted by Gasteiger charge is -2.28. The van der Waals surface area contributed by atoms with E-state index in [1.807, 2.05) is 30.3 Å². The lowest BCUT2D eigenvalue weighted by Crippen LogP contribution is -2.36. The third kappa shape index (κ3) is 3.95. The number of anilines is 3. The van der Waals surface area contributed by atoms with Crippen molar-refractivity contribution in [3.63, 3.8) is 0 Å². The average Bonchev–Trinajstić information content (AvgIpc) is 3.29. The van der Waals surface area contributed by atoms with E-state index in [0.717, 1.165) is 48.8 Å². The summed E-state index contributed by atoms with van der Waals surface area (Å²) in [6, 6.07) is 13.6. The van der Waals surface area contributed by atoms with Crippen molar-refractivity contribution in [1.82, 2.24) is 19.7 Å². The summed E-state index contributed by atoms with van der Waals surface area (Å²) in [7, 11) is 0. The molecule has 0 aliphatic carbocycles. The Labute approximate surface area is 184 Å². The second-order valence-corrected chi connectivity index (χ2v) is 7.56. The Hall–Kier alpha value is -3.69. The first kappa shape index (κ1) is 20.2. The average molecular weight is 432 g/mol. The molecular formula is C23H24N6O3. The Balaban J connectivity index is 1.52. The van der Waals surface area contributed by atoms with Crippen LogP contribution in [0.4, 0.5) is 17.2 Å². The highest BCUT2D eigenvalue weighted by molar-refractivity contribution is 5.95. The van der Waals surface area contributed by atoms with E-state index in [2.05, 4.69) is 32.4 Å². The van der Waals surface area contributed by atoms with Gasteiger partial charge in [-0.25, -0.2) is 4.98 Å². The van der Waals surface area contributed by atoms with Gasteiger partial charge in [-0.1, -0.05) is 0 Å². The molecule has 4 heterocycles. The maximum atomic E-state index is 12.6. The molecule has 9 heteroatoms. The zero-order chi connectivity index (χ0) is 21.9. The number of aliphatic hydroxyl groups excluding tert-OH is 1. The van der Waals surface area contributed by atoms with Crippen molar-refractivity contribution in [3.8, 4) is 11.4 Å². The summed E-state index contributed by atoms with van der Waals surface area (Å²) in [4.78, 5) is 22.4. The summed E-state index contributed by atoms with van der Waals surface area (Å²) in [6.45, 7) is 3.55. The number of pyridine rings is 2. The predicted molar refractivity (Wildman–Crippen MR) is 123 cm³/mol. The van der Waals surface area contributed by atoms with Crippen LogP contribution < -0.4 is 15.8 Å². The highest BCUT2D eigenvalue weighted by Gasteiger charge is 2.15. The van der Waals surface area contributed by atoms with E-state index in [-0.39, 0.29) is 12.2 Å². The fourth-order valence-corrected chi connectivity index (χ4v) is 3.97. The van der Waals surface area contributed by atoms with Crippen molar-refractivity contribution in [1.29, 1.82) is 0 Å². The van der Waals surface area contributed by atoms with Crippen LogP contribution in [0, 0.1) is 0 Å². The molecule has 0 bridgehead atoms. The smallest absolute Gasteiger partial charge is 0.259 e. The topological polar surface area (TPSA) is 108 Å². The fourth-order valence-electron chi connectivity index (χ4n) is 3.97. The van der Waals surface area contributed by atoms with E-state index >= 15 is 0 Å². The molecule has 0 atom stereocenters. The van der Waals surface area contributed by atoms with Crippen LogP contribution in [0.5, 0.6) is 0 Å². The molecule has 0 amide bonds. The molecule has 9 nitrogen and oxygen atoms in total. The van der Waals surface area contributed by atoms with Gasteiger partial charge >= 0.3 is 0 Å². The summed E-state index contributed by atoms with van der Waals surface area (Å²) >= 11 is 0. The van der Waals surface area contributed by atoms with Gasteiger partial charge < -0.3 is 25.0 Å². The molecule has 0 unspecified atom stereocenters. The Morgan fingerprint density at radius 2 is 1.94 bits per heavy atom. The monoisotopic (exact) mass is 432 g/mol. The number of nitrogens with one attached hydrogen (secondary N) is 2. The number of aromatic nitrogens is 4. The van der Waals surface area contributed by atoms with Crippen LogP contribution in [-0.4, -0.2) is 57.8 Å². The SMILES string of the molecule is O=c1[nH]ccc2cc(-c3ccnn3CCO)nc(Nc3ccc(N4CCOCC4)cc3)c12. The Bertz CT molecular complexity index is 1280. The number of aliphatic hydroxyl groups is 1. The number of hydrogen-bond donors (Lipinski definition) is 3. The number of fused-ring (bicyclic) bond motifs is 1. The number of ether oxygens (including phenoxy) is 1. The Morgan fingerprint density at radius 1 is 1.12 bits per heavy atom. The van der Waals surface area contributed by atoms with Gasteiger partial charge in [0.05, 0.1) is 43.1 Å². The highest BCUT2D eigenvalue weighted by Crippen LogP contribution is 2.28. The molecule has 4 aromatic rings. The third-order valence-electron chi connectivity index (χ3n) is 5.55. The number of morpholine rings is 1. The van der Waals surface area contributed by atoms with E-state index in [4.69, 9.17) is 9.72 Å². The van der Waals surface area contributed by atoms with Crippen LogP contribution in [0.25, 0.3) is 22.2 Å². The summed E-state index contributed by atoms with van der Waals surface area (Å²) in [5.74, 6) is 0.468. The first-order valence-electron chi connectivity index (χ1n) is 10.6. The molecule has 1 aliphatic rings. The molecule has 32 heavy (non-hydrogen) atoms. The summed E-state index contributed by atoms with van der Waals surface area (Å²) in [5, 5.41) is 18.2. The van der Waals surface area contributed by atoms with Crippen LogP contribution in [0.2, 0.25) is 0 Å². The van der Waals surface area contributed by atoms with Gasteiger partial charge in [-0.05, 0) is 47.9 Å². The van der Waals surface area contributed by atoms with Gasteiger partial charge in [0.2, 0.25) is 0 Å². The molecule has 0 spiro atoms. The van der Waals surface area contributed by atoms with E-state index in [1.54, 1.807) is 17.1 Å². The number of rotatable bonds is 6. The molecule has 1 aliphatic heterocycles. The van der Waals surface area contributed by atoms with E-state index in [0.29, 0.717) is 23.4 Å². The Morgan fingerprint density at radius 3 is 2.72 bits per heavy atom. The third-order valence-corrected chi connectivity index (χ3v) is 5.55. The van der Waals surface area contributed by atoms with Crippen LogP contribution in [0.3, 0.4) is 0 Å². The molecule has 1 saturated heterocycles. The zero-order valence-corrected chi connectivity index (χ0v) is 17.5. The van der Waals surface area contributed by atoms with Crippen molar-refractivity contribution in [3.05, 3.63) is 65.2 Å². The first-order valence-corrected chi connectivity index (χ1v) is 10.6. The number of aromatic amines is 1. The summed E-state index contributed by atoms with van der Waals surface area (Å²) < 4.78 is 7.12. The molecule has 164 valence electrons. The lowest BCUT2D eigenvalue weighted by atomic mass is 10.1. The van der Waals surface area contributed by atoms with Gasteiger partial charge in [-0.2, -0.15) is 5.10 Å². The normalized spacial score (nSPS) is 14.1. The predicted octanol–water partition coefficient (Wildman–Crippen LogP) is 2.36. The number of hydrogen-bond acceptors (Lipinski definition) is 7. The standard InChI is InChI=1S/C23H24N6O3/c30-12-9-29-20(6-8-25-29)19-15-16-5-7-24-23(31)21(16)22(27-19)26-17-1-3-18(4-2-17)28-10-13-32-14-11-28/h1-8,15,30H,9-14H2,(H,24,31)(H,26,27). The number of nitrogens with zero attached hydrogens (tertiary/aromatic N) is 4. The van der Waals surface area contributed by atoms with E-state index in [9.17, 15) is 9.90 Å². The van der Waals surface area contributed by atoms with Crippen LogP contribution in [-0.2, 0) is 11.3 Å². The minimum Gasteiger partial charge on any atom is -0.394 e. The van der Waals surface area contributed by atoms with Crippen LogP contribution in [0.1, 0.15) is 0 Å². The molecule has 1 fully saturated rings. The van der Waals surface area contributed by atoms with Gasteiger partial charge in [0, 0.05) is 36.9 Å². The van der Waals surface area contributed by atoms with Crippen LogP contribution in [0.15, 0.2) is 59.7 Å². The quantitative estimate of drug-likeness (QED) is 0.429. The van der Waals surface area contributed by atoms with Crippen molar-refractivity contribution >= 4 is 28.0 Å². The second kappa shape index (κ2) is 8.81. The maximum Gasteiger partial charge on any atom is 0.259 e. The highest BCUT2D eigenvalue weighted by atomic mass is 16.5. The molecule has 0 saturated carbocycles. The largest absolute Gasteiger partial charge is 0.394 e. The van der Waals surface area contributed by atoms with Crippen molar-refractivity contribution in [2.24, 2.45) is 0 Å². The summed E-state index contributed by atoms with van der Waals surface area (Å²) in [6.07, 6.45) is 3.30. The van der Waals surface area contributed by atoms with Gasteiger partial charge in [-0.3, -0.25) is 9.48 Å². The fraction of sp³-hybridized carbons (Fsp3) is 0.261. The maximum absolute atomic E-state index is 12.6. The van der Waals surface area contributed by atoms with Gasteiger partial charge in [0.15, 0.2) is 0 Å². The molecule has 0 radical (unpaired) electrons. The van der Waals surface area contributed by atoms with Gasteiger partial charge in [-0.15, -0.1) is 0 Å². The minimum atomic E-state index is -0.210. The van der Waals surface area contributed by atoms with Crippen molar-refractivity contribution in [2.75, 3.05) is 43.1 Å². The first-order chi connectivity index (χ1) is 15.7. The Kier molecular flexibility index (Phi) is 5.57. The van der Waals surface area contributed by atoms with Crippen LogP contribution >= 0.6 is 0 Å². The van der Waals surface area contributed by atoms with E-state index < -0.39 is 0 Å². The lowest BCUT2D eigenvalue weighted by molar-refractivity contribution is 0.122. The molecule has 5 rings (SSSR count).